The minimum Gasteiger partial charge on any atom is -0.497 e. The predicted octanol–water partition coefficient (Wildman–Crippen LogP) is 4.38. The number of carbonyl (C=O) groups excluding carboxylic acids is 1. The lowest BCUT2D eigenvalue weighted by Crippen LogP contribution is -2.39. The van der Waals surface area contributed by atoms with Crippen LogP contribution < -0.4 is 29.1 Å². The topological polar surface area (TPSA) is 145 Å². The Hall–Kier alpha value is -5.17. The highest BCUT2D eigenvalue weighted by Crippen LogP contribution is 2.37. The highest BCUT2D eigenvalue weighted by atomic mass is 32.1. The van der Waals surface area contributed by atoms with Crippen LogP contribution in [-0.2, 0) is 9.53 Å². The maximum Gasteiger partial charge on any atom is 0.338 e. The molecule has 0 N–H and O–H groups in total. The van der Waals surface area contributed by atoms with E-state index < -0.39 is 22.5 Å². The summed E-state index contributed by atoms with van der Waals surface area (Å²) >= 11 is 1.13. The molecule has 2 aromatic carbocycles. The summed E-state index contributed by atoms with van der Waals surface area (Å²) in [5, 5.41) is 11.7. The van der Waals surface area contributed by atoms with E-state index in [1.807, 2.05) is 6.92 Å². The number of rotatable bonds is 10. The molecule has 44 heavy (non-hydrogen) atoms. The molecule has 4 aromatic rings. The highest BCUT2D eigenvalue weighted by molar-refractivity contribution is 7.07. The number of carbonyl (C=O) groups is 1. The Bertz CT molecular complexity index is 1970. The van der Waals surface area contributed by atoms with Gasteiger partial charge in [-0.05, 0) is 62.7 Å². The molecular weight excluding hydrogens is 590 g/mol. The van der Waals surface area contributed by atoms with Crippen LogP contribution in [0.3, 0.4) is 0 Å². The normalized spacial score (nSPS) is 14.6. The highest BCUT2D eigenvalue weighted by Gasteiger charge is 2.34. The van der Waals surface area contributed by atoms with E-state index in [9.17, 15) is 19.7 Å². The molecule has 2 aromatic heterocycles. The molecular formula is C31H29N3O9S. The number of allylic oxidation sites excluding steroid dienone is 1. The van der Waals surface area contributed by atoms with E-state index >= 15 is 0 Å². The molecule has 0 bridgehead atoms. The van der Waals surface area contributed by atoms with Gasteiger partial charge in [0.2, 0.25) is 0 Å². The van der Waals surface area contributed by atoms with Crippen molar-refractivity contribution < 1.29 is 33.1 Å². The third kappa shape index (κ3) is 5.61. The Kier molecular flexibility index (Phi) is 8.67. The molecule has 0 aliphatic carbocycles. The SMILES string of the molecule is CCOC(=O)C1=C(C)N=c2sc(=Cc3ccc(-c4ccc(OC)cc4[N+](=O)[O-])o3)c(=O)n2C1c1ccc(OC)c(OCC)c1. The zero-order valence-electron chi connectivity index (χ0n) is 24.6. The summed E-state index contributed by atoms with van der Waals surface area (Å²) in [6.07, 6.45) is 1.54. The van der Waals surface area contributed by atoms with Crippen molar-refractivity contribution in [3.8, 4) is 28.6 Å². The van der Waals surface area contributed by atoms with Gasteiger partial charge in [0.1, 0.15) is 17.3 Å². The predicted molar refractivity (Wildman–Crippen MR) is 162 cm³/mol. The minimum atomic E-state index is -0.855. The van der Waals surface area contributed by atoms with Crippen LogP contribution >= 0.6 is 11.3 Å². The fourth-order valence-electron chi connectivity index (χ4n) is 4.94. The van der Waals surface area contributed by atoms with E-state index in [0.717, 1.165) is 11.3 Å². The zero-order chi connectivity index (χ0) is 31.5. The number of furan rings is 1. The summed E-state index contributed by atoms with van der Waals surface area (Å²) < 4.78 is 29.4. The van der Waals surface area contributed by atoms with Crippen molar-refractivity contribution in [3.05, 3.63) is 101 Å². The maximum absolute atomic E-state index is 14.0. The van der Waals surface area contributed by atoms with Gasteiger partial charge in [0, 0.05) is 6.08 Å². The fraction of sp³-hybridized carbons (Fsp3) is 0.258. The molecule has 13 heteroatoms. The van der Waals surface area contributed by atoms with Gasteiger partial charge in [-0.15, -0.1) is 0 Å². The Morgan fingerprint density at radius 2 is 1.89 bits per heavy atom. The summed E-state index contributed by atoms with van der Waals surface area (Å²) in [7, 11) is 2.95. The van der Waals surface area contributed by atoms with Gasteiger partial charge in [0.25, 0.3) is 11.2 Å². The number of methoxy groups -OCH3 is 2. The monoisotopic (exact) mass is 619 g/mol. The molecule has 0 fully saturated rings. The van der Waals surface area contributed by atoms with Crippen molar-refractivity contribution in [2.24, 2.45) is 4.99 Å². The van der Waals surface area contributed by atoms with Crippen LogP contribution in [0.4, 0.5) is 5.69 Å². The summed E-state index contributed by atoms with van der Waals surface area (Å²) in [6, 6.07) is 12.0. The average Bonchev–Trinajstić information content (AvgIpc) is 3.60. The number of benzene rings is 2. The summed E-state index contributed by atoms with van der Waals surface area (Å²) in [5.41, 5.74) is 0.919. The first kappa shape index (κ1) is 30.3. The first-order valence-corrected chi connectivity index (χ1v) is 14.4. The van der Waals surface area contributed by atoms with Crippen LogP contribution in [0.25, 0.3) is 17.4 Å². The third-order valence-electron chi connectivity index (χ3n) is 6.89. The molecule has 228 valence electrons. The quantitative estimate of drug-likeness (QED) is 0.143. The second-order valence-electron chi connectivity index (χ2n) is 9.49. The lowest BCUT2D eigenvalue weighted by Gasteiger charge is -2.25. The summed E-state index contributed by atoms with van der Waals surface area (Å²) in [4.78, 5) is 43.3. The molecule has 0 radical (unpaired) electrons. The Morgan fingerprint density at radius 1 is 1.09 bits per heavy atom. The molecule has 0 spiro atoms. The van der Waals surface area contributed by atoms with Crippen molar-refractivity contribution in [1.29, 1.82) is 0 Å². The van der Waals surface area contributed by atoms with Gasteiger partial charge in [-0.1, -0.05) is 17.4 Å². The largest absolute Gasteiger partial charge is 0.497 e. The second kappa shape index (κ2) is 12.6. The second-order valence-corrected chi connectivity index (χ2v) is 10.5. The van der Waals surface area contributed by atoms with E-state index in [1.54, 1.807) is 62.4 Å². The molecule has 0 saturated carbocycles. The lowest BCUT2D eigenvalue weighted by molar-refractivity contribution is -0.384. The number of aromatic nitrogens is 1. The van der Waals surface area contributed by atoms with Crippen LogP contribution in [0.5, 0.6) is 17.2 Å². The minimum absolute atomic E-state index is 0.146. The van der Waals surface area contributed by atoms with Gasteiger partial charge in [-0.3, -0.25) is 19.5 Å². The molecule has 1 atom stereocenters. The van der Waals surface area contributed by atoms with Crippen LogP contribution in [0.2, 0.25) is 0 Å². The Labute approximate surface area is 255 Å². The molecule has 5 rings (SSSR count). The third-order valence-corrected chi connectivity index (χ3v) is 7.87. The van der Waals surface area contributed by atoms with Gasteiger partial charge in [0.05, 0.1) is 65.8 Å². The van der Waals surface area contributed by atoms with Gasteiger partial charge in [-0.2, -0.15) is 0 Å². The van der Waals surface area contributed by atoms with Gasteiger partial charge >= 0.3 is 5.97 Å². The van der Waals surface area contributed by atoms with E-state index in [-0.39, 0.29) is 33.7 Å². The number of ether oxygens (including phenoxy) is 4. The van der Waals surface area contributed by atoms with Crippen LogP contribution in [0.1, 0.15) is 38.1 Å². The average molecular weight is 620 g/mol. The zero-order valence-corrected chi connectivity index (χ0v) is 25.4. The van der Waals surface area contributed by atoms with Crippen molar-refractivity contribution in [2.45, 2.75) is 26.8 Å². The first-order valence-electron chi connectivity index (χ1n) is 13.6. The smallest absolute Gasteiger partial charge is 0.338 e. The van der Waals surface area contributed by atoms with Gasteiger partial charge < -0.3 is 23.4 Å². The van der Waals surface area contributed by atoms with Crippen molar-refractivity contribution in [1.82, 2.24) is 4.57 Å². The molecule has 1 unspecified atom stereocenters. The Morgan fingerprint density at radius 3 is 2.57 bits per heavy atom. The lowest BCUT2D eigenvalue weighted by atomic mass is 9.95. The molecule has 3 heterocycles. The number of nitrogens with zero attached hydrogens (tertiary/aromatic N) is 3. The number of esters is 1. The molecule has 12 nitrogen and oxygen atoms in total. The van der Waals surface area contributed by atoms with Crippen molar-refractivity contribution >= 4 is 29.1 Å². The van der Waals surface area contributed by atoms with Crippen LogP contribution in [0.15, 0.2) is 74.0 Å². The van der Waals surface area contributed by atoms with E-state index in [2.05, 4.69) is 4.99 Å². The molecule has 0 saturated heterocycles. The number of fused-ring (bicyclic) bond motifs is 1. The number of hydrogen-bond donors (Lipinski definition) is 0. The molecule has 1 aliphatic heterocycles. The van der Waals surface area contributed by atoms with Crippen molar-refractivity contribution in [2.75, 3.05) is 27.4 Å². The van der Waals surface area contributed by atoms with E-state index in [1.165, 1.54) is 24.9 Å². The van der Waals surface area contributed by atoms with Crippen LogP contribution in [-0.4, -0.2) is 42.9 Å². The van der Waals surface area contributed by atoms with E-state index in [4.69, 9.17) is 23.4 Å². The standard InChI is InChI=1S/C31H29N3O9S/c1-6-41-25-14-18(8-12-24(25)40-5)28-27(30(36)42-7-2)17(3)32-31-33(28)29(35)26(44-31)16-20-10-13-23(43-20)21-11-9-19(39-4)15-22(21)34(37)38/h8-16,28H,6-7H2,1-5H3. The summed E-state index contributed by atoms with van der Waals surface area (Å²) in [6.45, 7) is 5.77. The van der Waals surface area contributed by atoms with Crippen molar-refractivity contribution in [3.63, 3.8) is 0 Å². The number of nitro groups is 1. The number of nitro benzene ring substituents is 1. The van der Waals surface area contributed by atoms with Crippen LogP contribution in [0, 0.1) is 10.1 Å². The molecule has 1 aliphatic rings. The van der Waals surface area contributed by atoms with Gasteiger partial charge in [0.15, 0.2) is 16.3 Å². The first-order chi connectivity index (χ1) is 21.2. The Balaban J connectivity index is 1.64. The van der Waals surface area contributed by atoms with Gasteiger partial charge in [-0.25, -0.2) is 9.79 Å². The maximum atomic E-state index is 14.0. The van der Waals surface area contributed by atoms with E-state index in [0.29, 0.717) is 45.7 Å². The fourth-order valence-corrected chi connectivity index (χ4v) is 5.97. The number of thiazole rings is 1. The number of hydrogen-bond acceptors (Lipinski definition) is 11. The molecule has 0 amide bonds. The summed E-state index contributed by atoms with van der Waals surface area (Å²) in [5.74, 6) is 1.27.